The Bertz CT molecular complexity index is 740. The van der Waals surface area contributed by atoms with Crippen LogP contribution in [0.2, 0.25) is 0 Å². The van der Waals surface area contributed by atoms with E-state index in [0.717, 1.165) is 28.6 Å². The first-order valence-electron chi connectivity index (χ1n) is 7.75. The molecule has 6 heteroatoms. The molecular formula is C17H20N4O2. The lowest BCUT2D eigenvalue weighted by atomic mass is 10.1. The summed E-state index contributed by atoms with van der Waals surface area (Å²) in [5.74, 6) is 0. The zero-order valence-electron chi connectivity index (χ0n) is 13.1. The Morgan fingerprint density at radius 2 is 2.09 bits per heavy atom. The number of fused-ring (bicyclic) bond motifs is 1. The minimum absolute atomic E-state index is 0.0744. The minimum atomic E-state index is 0.0744. The number of hydrogen-bond acceptors (Lipinski definition) is 6. The molecule has 0 unspecified atom stereocenters. The molecule has 0 fully saturated rings. The second-order valence-electron chi connectivity index (χ2n) is 5.56. The van der Waals surface area contributed by atoms with Gasteiger partial charge < -0.3 is 5.11 Å². The van der Waals surface area contributed by atoms with Gasteiger partial charge in [-0.3, -0.25) is 9.88 Å². The molecule has 6 nitrogen and oxygen atoms in total. The van der Waals surface area contributed by atoms with Crippen molar-refractivity contribution in [3.8, 4) is 0 Å². The number of rotatable bonds is 7. The summed E-state index contributed by atoms with van der Waals surface area (Å²) in [5, 5.41) is 17.6. The van der Waals surface area contributed by atoms with Gasteiger partial charge >= 0.3 is 0 Å². The van der Waals surface area contributed by atoms with Gasteiger partial charge in [0.1, 0.15) is 11.0 Å². The van der Waals surface area contributed by atoms with Crippen LogP contribution in [0.5, 0.6) is 0 Å². The third-order valence-electron chi connectivity index (χ3n) is 4.05. The van der Waals surface area contributed by atoms with Crippen molar-refractivity contribution in [2.75, 3.05) is 6.61 Å². The molecule has 3 aromatic rings. The summed E-state index contributed by atoms with van der Waals surface area (Å²) in [6.45, 7) is 3.58. The highest BCUT2D eigenvalue weighted by molar-refractivity contribution is 5.76. The van der Waals surface area contributed by atoms with Gasteiger partial charge in [0.25, 0.3) is 0 Å². The third-order valence-corrected chi connectivity index (χ3v) is 4.05. The molecule has 0 bridgehead atoms. The van der Waals surface area contributed by atoms with E-state index in [1.165, 1.54) is 0 Å². The fourth-order valence-electron chi connectivity index (χ4n) is 2.75. The summed E-state index contributed by atoms with van der Waals surface area (Å²) in [7, 11) is 0. The lowest BCUT2D eigenvalue weighted by Gasteiger charge is -2.29. The quantitative estimate of drug-likeness (QED) is 0.722. The molecule has 0 saturated heterocycles. The molecule has 23 heavy (non-hydrogen) atoms. The number of nitrogens with zero attached hydrogens (tertiary/aromatic N) is 4. The van der Waals surface area contributed by atoms with Gasteiger partial charge in [-0.1, -0.05) is 25.1 Å². The molecule has 1 N–H and O–H groups in total. The fourth-order valence-corrected chi connectivity index (χ4v) is 2.75. The van der Waals surface area contributed by atoms with Crippen molar-refractivity contribution in [1.82, 2.24) is 20.2 Å². The zero-order valence-corrected chi connectivity index (χ0v) is 13.1. The van der Waals surface area contributed by atoms with Gasteiger partial charge in [0, 0.05) is 31.5 Å². The van der Waals surface area contributed by atoms with Gasteiger partial charge in [0.05, 0.1) is 6.61 Å². The predicted octanol–water partition coefficient (Wildman–Crippen LogP) is 2.39. The molecular weight excluding hydrogens is 292 g/mol. The number of benzene rings is 1. The normalized spacial score (nSPS) is 12.8. The van der Waals surface area contributed by atoms with Crippen molar-refractivity contribution in [3.63, 3.8) is 0 Å². The second-order valence-corrected chi connectivity index (χ2v) is 5.56. The number of aromatic nitrogens is 3. The Balaban J connectivity index is 1.87. The van der Waals surface area contributed by atoms with E-state index in [1.807, 2.05) is 36.5 Å². The first-order valence-corrected chi connectivity index (χ1v) is 7.75. The van der Waals surface area contributed by atoms with E-state index in [1.54, 1.807) is 6.20 Å². The fraction of sp³-hybridized carbons (Fsp3) is 0.353. The van der Waals surface area contributed by atoms with Gasteiger partial charge in [-0.2, -0.15) is 0 Å². The third kappa shape index (κ3) is 3.55. The molecule has 0 aliphatic heterocycles. The van der Waals surface area contributed by atoms with Gasteiger partial charge in [-0.05, 0) is 40.0 Å². The summed E-state index contributed by atoms with van der Waals surface area (Å²) in [4.78, 5) is 6.41. The number of aliphatic hydroxyl groups is 1. The van der Waals surface area contributed by atoms with Crippen molar-refractivity contribution in [3.05, 3.63) is 53.9 Å². The maximum absolute atomic E-state index is 9.72. The molecule has 1 aromatic carbocycles. The Morgan fingerprint density at radius 1 is 1.17 bits per heavy atom. The van der Waals surface area contributed by atoms with Crippen LogP contribution in [0.3, 0.4) is 0 Å². The average Bonchev–Trinajstić information content (AvgIpc) is 3.06. The largest absolute Gasteiger partial charge is 0.395 e. The first kappa shape index (κ1) is 15.6. The van der Waals surface area contributed by atoms with Crippen molar-refractivity contribution in [1.29, 1.82) is 0 Å². The Morgan fingerprint density at radius 3 is 2.83 bits per heavy atom. The zero-order chi connectivity index (χ0) is 16.1. The maximum Gasteiger partial charge on any atom is 0.139 e. The summed E-state index contributed by atoms with van der Waals surface area (Å²) in [5.41, 5.74) is 3.68. The molecule has 0 spiro atoms. The van der Waals surface area contributed by atoms with Crippen LogP contribution < -0.4 is 0 Å². The molecule has 0 aliphatic rings. The lowest BCUT2D eigenvalue weighted by molar-refractivity contribution is 0.107. The summed E-state index contributed by atoms with van der Waals surface area (Å²) in [6, 6.07) is 9.89. The molecule has 0 radical (unpaired) electrons. The van der Waals surface area contributed by atoms with E-state index < -0.39 is 0 Å². The van der Waals surface area contributed by atoms with Crippen molar-refractivity contribution in [2.24, 2.45) is 0 Å². The van der Waals surface area contributed by atoms with Crippen LogP contribution in [0, 0.1) is 0 Å². The second kappa shape index (κ2) is 7.30. The monoisotopic (exact) mass is 312 g/mol. The first-order chi connectivity index (χ1) is 11.3. The Kier molecular flexibility index (Phi) is 4.95. The molecule has 0 aliphatic carbocycles. The van der Waals surface area contributed by atoms with E-state index in [-0.39, 0.29) is 12.6 Å². The number of hydrogen-bond donors (Lipinski definition) is 1. The lowest BCUT2D eigenvalue weighted by Crippen LogP contribution is -2.36. The van der Waals surface area contributed by atoms with Gasteiger partial charge in [-0.25, -0.2) is 4.63 Å². The van der Waals surface area contributed by atoms with Crippen LogP contribution in [-0.4, -0.2) is 38.0 Å². The predicted molar refractivity (Wildman–Crippen MR) is 86.5 cm³/mol. The molecule has 3 rings (SSSR count). The number of aliphatic hydroxyl groups excluding tert-OH is 1. The molecule has 0 saturated carbocycles. The van der Waals surface area contributed by atoms with Crippen molar-refractivity contribution >= 4 is 11.0 Å². The van der Waals surface area contributed by atoms with Gasteiger partial charge in [0.2, 0.25) is 0 Å². The molecule has 2 aromatic heterocycles. The van der Waals surface area contributed by atoms with Crippen LogP contribution in [0.1, 0.15) is 24.5 Å². The van der Waals surface area contributed by atoms with E-state index in [4.69, 9.17) is 4.63 Å². The van der Waals surface area contributed by atoms with Crippen LogP contribution in [0.4, 0.5) is 0 Å². The standard InChI is InChI=1S/C17H20N4O2/c1-2-15(12-22)21(10-13-5-4-8-18-9-13)11-14-6-3-7-16-17(14)20-23-19-16/h3-9,15,22H,2,10-12H2,1H3/t15-/m1/s1. The SMILES string of the molecule is CC[C@H](CO)N(Cc1cccnc1)Cc1cccc2nonc12. The topological polar surface area (TPSA) is 75.3 Å². The van der Waals surface area contributed by atoms with Crippen LogP contribution in [0.15, 0.2) is 47.4 Å². The molecule has 1 atom stereocenters. The summed E-state index contributed by atoms with van der Waals surface area (Å²) >= 11 is 0. The van der Waals surface area contributed by atoms with Gasteiger partial charge in [0.15, 0.2) is 0 Å². The van der Waals surface area contributed by atoms with E-state index in [0.29, 0.717) is 13.1 Å². The van der Waals surface area contributed by atoms with E-state index in [2.05, 4.69) is 27.1 Å². The smallest absolute Gasteiger partial charge is 0.139 e. The molecule has 0 amide bonds. The van der Waals surface area contributed by atoms with Crippen LogP contribution >= 0.6 is 0 Å². The number of pyridine rings is 1. The van der Waals surface area contributed by atoms with Crippen LogP contribution in [0.25, 0.3) is 11.0 Å². The highest BCUT2D eigenvalue weighted by atomic mass is 16.6. The Hall–Kier alpha value is -2.31. The maximum atomic E-state index is 9.72. The van der Waals surface area contributed by atoms with Crippen molar-refractivity contribution in [2.45, 2.75) is 32.5 Å². The highest BCUT2D eigenvalue weighted by Crippen LogP contribution is 2.20. The molecule has 120 valence electrons. The minimum Gasteiger partial charge on any atom is -0.395 e. The van der Waals surface area contributed by atoms with E-state index >= 15 is 0 Å². The summed E-state index contributed by atoms with van der Waals surface area (Å²) < 4.78 is 4.84. The Labute approximate surface area is 134 Å². The molecule has 2 heterocycles. The van der Waals surface area contributed by atoms with E-state index in [9.17, 15) is 5.11 Å². The highest BCUT2D eigenvalue weighted by Gasteiger charge is 2.19. The average molecular weight is 312 g/mol. The summed E-state index contributed by atoms with van der Waals surface area (Å²) in [6.07, 6.45) is 4.48. The van der Waals surface area contributed by atoms with Crippen LogP contribution in [-0.2, 0) is 13.1 Å². The van der Waals surface area contributed by atoms with Crippen molar-refractivity contribution < 1.29 is 9.74 Å². The van der Waals surface area contributed by atoms with Gasteiger partial charge in [-0.15, -0.1) is 0 Å².